The molecule has 0 aliphatic heterocycles. The first-order chi connectivity index (χ1) is 11.2. The highest BCUT2D eigenvalue weighted by Gasteiger charge is 2.17. The summed E-state index contributed by atoms with van der Waals surface area (Å²) < 4.78 is 0. The van der Waals surface area contributed by atoms with Gasteiger partial charge in [-0.1, -0.05) is 96.6 Å². The molecule has 0 saturated carbocycles. The van der Waals surface area contributed by atoms with Crippen molar-refractivity contribution in [2.75, 3.05) is 0 Å². The zero-order valence-electron chi connectivity index (χ0n) is 12.9. The zero-order valence-corrected chi connectivity index (χ0v) is 13.8. The summed E-state index contributed by atoms with van der Waals surface area (Å²) in [7, 11) is 0. The largest absolute Gasteiger partial charge is 0.384 e. The van der Waals surface area contributed by atoms with E-state index in [2.05, 4.69) is 0 Å². The smallest absolute Gasteiger partial charge is 0.105 e. The molecule has 0 amide bonds. The molecular weight excluding hydrogens is 300 g/mol. The highest BCUT2D eigenvalue weighted by Crippen LogP contribution is 2.27. The second-order valence-corrected chi connectivity index (χ2v) is 6.00. The maximum atomic E-state index is 10.8. The summed E-state index contributed by atoms with van der Waals surface area (Å²) in [5, 5.41) is 10.8. The highest BCUT2D eigenvalue weighted by molar-refractivity contribution is 7.81. The lowest BCUT2D eigenvalue weighted by atomic mass is 9.93. The van der Waals surface area contributed by atoms with E-state index < -0.39 is 6.10 Å². The molecule has 0 radical (unpaired) electrons. The molecule has 1 unspecified atom stereocenters. The summed E-state index contributed by atoms with van der Waals surface area (Å²) >= 11 is 5.65. The third-order valence-corrected chi connectivity index (χ3v) is 4.38. The van der Waals surface area contributed by atoms with Crippen molar-refractivity contribution in [3.05, 3.63) is 107 Å². The monoisotopic (exact) mass is 318 g/mol. The van der Waals surface area contributed by atoms with Gasteiger partial charge in [-0.2, -0.15) is 0 Å². The van der Waals surface area contributed by atoms with Gasteiger partial charge >= 0.3 is 0 Å². The summed E-state index contributed by atoms with van der Waals surface area (Å²) in [6, 6.07) is 25.7. The van der Waals surface area contributed by atoms with Crippen molar-refractivity contribution in [1.29, 1.82) is 0 Å². The van der Waals surface area contributed by atoms with Crippen LogP contribution in [0.3, 0.4) is 0 Å². The van der Waals surface area contributed by atoms with Gasteiger partial charge in [0, 0.05) is 0 Å². The van der Waals surface area contributed by atoms with Gasteiger partial charge in [-0.15, -0.1) is 0 Å². The van der Waals surface area contributed by atoms with Gasteiger partial charge in [0.15, 0.2) is 0 Å². The number of aliphatic hydroxyl groups is 1. The minimum absolute atomic E-state index is 0.687. The first-order valence-corrected chi connectivity index (χ1v) is 8.01. The Morgan fingerprint density at radius 3 is 2.13 bits per heavy atom. The van der Waals surface area contributed by atoms with Crippen LogP contribution in [0, 0.1) is 6.92 Å². The van der Waals surface area contributed by atoms with Crippen molar-refractivity contribution in [1.82, 2.24) is 0 Å². The second kappa shape index (κ2) is 6.86. The second-order valence-electron chi connectivity index (χ2n) is 5.60. The minimum atomic E-state index is -0.687. The van der Waals surface area contributed by atoms with Gasteiger partial charge in [0.25, 0.3) is 0 Å². The maximum Gasteiger partial charge on any atom is 0.105 e. The standard InChI is InChI=1S/C21H18OS/c1-15-11-13-16(14-12-15)20(22)18-9-5-6-10-19(18)21(23)17-7-3-2-4-8-17/h2-14,20,22H,1H3. The summed E-state index contributed by atoms with van der Waals surface area (Å²) in [6.07, 6.45) is -0.687. The molecule has 0 saturated heterocycles. The lowest BCUT2D eigenvalue weighted by molar-refractivity contribution is 0.220. The van der Waals surface area contributed by atoms with Crippen LogP contribution in [0.4, 0.5) is 0 Å². The molecule has 0 aliphatic rings. The van der Waals surface area contributed by atoms with E-state index >= 15 is 0 Å². The first kappa shape index (κ1) is 15.6. The molecule has 3 aromatic rings. The Balaban J connectivity index is 2.01. The van der Waals surface area contributed by atoms with Crippen molar-refractivity contribution in [2.24, 2.45) is 0 Å². The topological polar surface area (TPSA) is 20.2 Å². The number of aryl methyl sites for hydroxylation is 1. The number of hydrogen-bond acceptors (Lipinski definition) is 2. The predicted octanol–water partition coefficient (Wildman–Crippen LogP) is 4.84. The molecule has 0 bridgehead atoms. The molecular formula is C21H18OS. The molecule has 0 spiro atoms. The fourth-order valence-corrected chi connectivity index (χ4v) is 2.94. The quantitative estimate of drug-likeness (QED) is 0.548. The molecule has 3 rings (SSSR count). The third kappa shape index (κ3) is 3.39. The van der Waals surface area contributed by atoms with E-state index in [9.17, 15) is 5.11 Å². The van der Waals surface area contributed by atoms with E-state index in [1.165, 1.54) is 5.56 Å². The minimum Gasteiger partial charge on any atom is -0.384 e. The van der Waals surface area contributed by atoms with Crippen molar-refractivity contribution in [3.63, 3.8) is 0 Å². The van der Waals surface area contributed by atoms with Crippen LogP contribution in [0.2, 0.25) is 0 Å². The van der Waals surface area contributed by atoms with Gasteiger partial charge in [-0.3, -0.25) is 0 Å². The number of benzene rings is 3. The molecule has 1 atom stereocenters. The van der Waals surface area contributed by atoms with Crippen LogP contribution in [-0.2, 0) is 0 Å². The fraction of sp³-hybridized carbons (Fsp3) is 0.0952. The Labute approximate surface area is 142 Å². The number of rotatable bonds is 4. The summed E-state index contributed by atoms with van der Waals surface area (Å²) in [5.74, 6) is 0. The van der Waals surface area contributed by atoms with Crippen LogP contribution < -0.4 is 0 Å². The van der Waals surface area contributed by atoms with Crippen LogP contribution in [0.25, 0.3) is 0 Å². The average molecular weight is 318 g/mol. The van der Waals surface area contributed by atoms with E-state index in [4.69, 9.17) is 12.2 Å². The van der Waals surface area contributed by atoms with Gasteiger partial charge in [-0.05, 0) is 29.2 Å². The van der Waals surface area contributed by atoms with Crippen LogP contribution in [0.5, 0.6) is 0 Å². The number of aliphatic hydroxyl groups excluding tert-OH is 1. The maximum absolute atomic E-state index is 10.8. The SMILES string of the molecule is Cc1ccc(C(O)c2ccccc2C(=S)c2ccccc2)cc1. The lowest BCUT2D eigenvalue weighted by Gasteiger charge is -2.17. The summed E-state index contributed by atoms with van der Waals surface area (Å²) in [5.41, 5.74) is 4.78. The third-order valence-electron chi connectivity index (χ3n) is 3.93. The van der Waals surface area contributed by atoms with Crippen LogP contribution in [-0.4, -0.2) is 9.97 Å². The molecule has 2 heteroatoms. The van der Waals surface area contributed by atoms with Gasteiger partial charge in [-0.25, -0.2) is 0 Å². The van der Waals surface area contributed by atoms with Gasteiger partial charge in [0.1, 0.15) is 6.10 Å². The number of thiocarbonyl (C=S) groups is 1. The highest BCUT2D eigenvalue weighted by atomic mass is 32.1. The Bertz CT molecular complexity index is 807. The molecule has 1 N–H and O–H groups in total. The molecule has 0 fully saturated rings. The molecule has 0 heterocycles. The molecule has 0 aromatic heterocycles. The van der Waals surface area contributed by atoms with Crippen molar-refractivity contribution in [3.8, 4) is 0 Å². The van der Waals surface area contributed by atoms with Crippen LogP contribution >= 0.6 is 12.2 Å². The normalized spacial score (nSPS) is 11.9. The molecule has 1 nitrogen and oxygen atoms in total. The molecule has 3 aromatic carbocycles. The van der Waals surface area contributed by atoms with E-state index in [-0.39, 0.29) is 0 Å². The van der Waals surface area contributed by atoms with E-state index in [1.807, 2.05) is 85.8 Å². The van der Waals surface area contributed by atoms with Crippen molar-refractivity contribution >= 4 is 17.1 Å². The zero-order chi connectivity index (χ0) is 16.2. The Hall–Kier alpha value is -2.29. The van der Waals surface area contributed by atoms with Crippen molar-refractivity contribution in [2.45, 2.75) is 13.0 Å². The van der Waals surface area contributed by atoms with Crippen LogP contribution in [0.1, 0.15) is 33.9 Å². The van der Waals surface area contributed by atoms with Gasteiger partial charge < -0.3 is 5.11 Å². The molecule has 23 heavy (non-hydrogen) atoms. The van der Waals surface area contributed by atoms with E-state index in [1.54, 1.807) is 0 Å². The summed E-state index contributed by atoms with van der Waals surface area (Å²) in [6.45, 7) is 2.04. The molecule has 0 aliphatic carbocycles. The van der Waals surface area contributed by atoms with Crippen molar-refractivity contribution < 1.29 is 5.11 Å². The Kier molecular flexibility index (Phi) is 4.65. The fourth-order valence-electron chi connectivity index (χ4n) is 2.62. The van der Waals surface area contributed by atoms with E-state index in [0.717, 1.165) is 27.1 Å². The number of hydrogen-bond donors (Lipinski definition) is 1. The Morgan fingerprint density at radius 1 is 0.826 bits per heavy atom. The van der Waals surface area contributed by atoms with Gasteiger partial charge in [0.2, 0.25) is 0 Å². The van der Waals surface area contributed by atoms with E-state index in [0.29, 0.717) is 0 Å². The van der Waals surface area contributed by atoms with Gasteiger partial charge in [0.05, 0.1) is 4.86 Å². The Morgan fingerprint density at radius 2 is 1.43 bits per heavy atom. The summed E-state index contributed by atoms with van der Waals surface area (Å²) in [4.78, 5) is 0.757. The van der Waals surface area contributed by atoms with Crippen LogP contribution in [0.15, 0.2) is 78.9 Å². The molecule has 114 valence electrons. The average Bonchev–Trinajstić information content (AvgIpc) is 2.62. The predicted molar refractivity (Wildman–Crippen MR) is 98.9 cm³/mol. The first-order valence-electron chi connectivity index (χ1n) is 7.60. The lowest BCUT2D eigenvalue weighted by Crippen LogP contribution is -2.09.